The van der Waals surface area contributed by atoms with Crippen molar-refractivity contribution in [3.63, 3.8) is 0 Å². The third-order valence-corrected chi connectivity index (χ3v) is 1.97. The summed E-state index contributed by atoms with van der Waals surface area (Å²) in [6, 6.07) is 0. The predicted octanol–water partition coefficient (Wildman–Crippen LogP) is 1.41. The van der Waals surface area contributed by atoms with Crippen molar-refractivity contribution in [3.05, 3.63) is 0 Å². The molecule has 4 heteroatoms. The molecular weight excluding hydrogens is 164 g/mol. The maximum Gasteiger partial charge on any atom is 0.250 e. The Labute approximate surface area is 71.3 Å². The maximum absolute atomic E-state index is 11.6. The van der Waals surface area contributed by atoms with Gasteiger partial charge in [-0.25, -0.2) is 8.78 Å². The first-order valence-corrected chi connectivity index (χ1v) is 4.39. The fourth-order valence-electron chi connectivity index (χ4n) is 1.35. The van der Waals surface area contributed by atoms with Crippen molar-refractivity contribution in [1.29, 1.82) is 0 Å². The van der Waals surface area contributed by atoms with Gasteiger partial charge >= 0.3 is 0 Å². The van der Waals surface area contributed by atoms with Gasteiger partial charge in [-0.05, 0) is 25.8 Å². The summed E-state index contributed by atoms with van der Waals surface area (Å²) < 4.78 is 28.6. The Bertz CT molecular complexity index is 116. The Morgan fingerprint density at radius 3 is 2.92 bits per heavy atom. The normalized spacial score (nSPS) is 23.8. The van der Waals surface area contributed by atoms with Crippen LogP contribution in [0.15, 0.2) is 0 Å². The SMILES string of the molecule is FC(F)CNCCC1CCCO1. The van der Waals surface area contributed by atoms with Crippen molar-refractivity contribution in [2.24, 2.45) is 0 Å². The van der Waals surface area contributed by atoms with Gasteiger partial charge in [0.05, 0.1) is 12.6 Å². The van der Waals surface area contributed by atoms with Gasteiger partial charge in [-0.1, -0.05) is 0 Å². The first-order valence-electron chi connectivity index (χ1n) is 4.39. The molecule has 1 N–H and O–H groups in total. The van der Waals surface area contributed by atoms with Crippen LogP contribution in [-0.2, 0) is 4.74 Å². The molecule has 0 aromatic carbocycles. The Morgan fingerprint density at radius 2 is 2.33 bits per heavy atom. The van der Waals surface area contributed by atoms with E-state index in [1.165, 1.54) is 0 Å². The summed E-state index contributed by atoms with van der Waals surface area (Å²) in [5.74, 6) is 0. The Morgan fingerprint density at radius 1 is 1.50 bits per heavy atom. The van der Waals surface area contributed by atoms with Crippen LogP contribution in [0, 0.1) is 0 Å². The third kappa shape index (κ3) is 3.97. The Kier molecular flexibility index (Phi) is 4.46. The van der Waals surface area contributed by atoms with E-state index < -0.39 is 6.43 Å². The summed E-state index contributed by atoms with van der Waals surface area (Å²) in [4.78, 5) is 0. The molecule has 2 nitrogen and oxygen atoms in total. The molecule has 72 valence electrons. The highest BCUT2D eigenvalue weighted by Gasteiger charge is 2.14. The van der Waals surface area contributed by atoms with Gasteiger partial charge in [0.2, 0.25) is 0 Å². The molecule has 0 saturated carbocycles. The van der Waals surface area contributed by atoms with Crippen molar-refractivity contribution in [3.8, 4) is 0 Å². The zero-order chi connectivity index (χ0) is 8.81. The average Bonchev–Trinajstić information content (AvgIpc) is 2.49. The summed E-state index contributed by atoms with van der Waals surface area (Å²) in [7, 11) is 0. The van der Waals surface area contributed by atoms with Crippen molar-refractivity contribution >= 4 is 0 Å². The Balaban J connectivity index is 1.88. The molecule has 1 aliphatic rings. The summed E-state index contributed by atoms with van der Waals surface area (Å²) in [5, 5.41) is 2.68. The van der Waals surface area contributed by atoms with Gasteiger partial charge in [-0.2, -0.15) is 0 Å². The van der Waals surface area contributed by atoms with E-state index in [1.807, 2.05) is 0 Å². The minimum Gasteiger partial charge on any atom is -0.378 e. The standard InChI is InChI=1S/C8H15F2NO/c9-8(10)6-11-4-3-7-2-1-5-12-7/h7-8,11H,1-6H2. The lowest BCUT2D eigenvalue weighted by Crippen LogP contribution is -2.25. The van der Waals surface area contributed by atoms with E-state index in [9.17, 15) is 8.78 Å². The fraction of sp³-hybridized carbons (Fsp3) is 1.00. The van der Waals surface area contributed by atoms with E-state index in [4.69, 9.17) is 4.74 Å². The first kappa shape index (κ1) is 9.86. The van der Waals surface area contributed by atoms with E-state index >= 15 is 0 Å². The van der Waals surface area contributed by atoms with E-state index in [2.05, 4.69) is 5.32 Å². The molecule has 0 bridgehead atoms. The first-order chi connectivity index (χ1) is 5.79. The second-order valence-corrected chi connectivity index (χ2v) is 3.02. The molecule has 1 unspecified atom stereocenters. The number of alkyl halides is 2. The van der Waals surface area contributed by atoms with Crippen molar-refractivity contribution in [2.75, 3.05) is 19.7 Å². The fourth-order valence-corrected chi connectivity index (χ4v) is 1.35. The number of nitrogens with one attached hydrogen (secondary N) is 1. The molecule has 1 fully saturated rings. The molecule has 1 atom stereocenters. The summed E-state index contributed by atoms with van der Waals surface area (Å²) >= 11 is 0. The minimum absolute atomic E-state index is 0.202. The number of hydrogen-bond donors (Lipinski definition) is 1. The third-order valence-electron chi connectivity index (χ3n) is 1.97. The van der Waals surface area contributed by atoms with Crippen molar-refractivity contribution in [2.45, 2.75) is 31.8 Å². The Hall–Kier alpha value is -0.220. The van der Waals surface area contributed by atoms with Crippen LogP contribution in [-0.4, -0.2) is 32.2 Å². The topological polar surface area (TPSA) is 21.3 Å². The lowest BCUT2D eigenvalue weighted by Gasteiger charge is -2.09. The van der Waals surface area contributed by atoms with Crippen LogP contribution < -0.4 is 5.32 Å². The molecule has 1 heterocycles. The lowest BCUT2D eigenvalue weighted by atomic mass is 10.2. The number of hydrogen-bond acceptors (Lipinski definition) is 2. The van der Waals surface area contributed by atoms with Crippen molar-refractivity contribution in [1.82, 2.24) is 5.32 Å². The lowest BCUT2D eigenvalue weighted by molar-refractivity contribution is 0.100. The van der Waals surface area contributed by atoms with Gasteiger partial charge < -0.3 is 10.1 Å². The van der Waals surface area contributed by atoms with Crippen LogP contribution in [0.4, 0.5) is 8.78 Å². The molecule has 1 saturated heterocycles. The molecule has 0 aromatic heterocycles. The van der Waals surface area contributed by atoms with E-state index in [1.54, 1.807) is 0 Å². The predicted molar refractivity (Wildman–Crippen MR) is 42.5 cm³/mol. The monoisotopic (exact) mass is 179 g/mol. The van der Waals surface area contributed by atoms with E-state index in [0.717, 1.165) is 25.9 Å². The van der Waals surface area contributed by atoms with Crippen LogP contribution >= 0.6 is 0 Å². The largest absolute Gasteiger partial charge is 0.378 e. The quantitative estimate of drug-likeness (QED) is 0.644. The van der Waals surface area contributed by atoms with Gasteiger partial charge in [-0.15, -0.1) is 0 Å². The highest BCUT2D eigenvalue weighted by Crippen LogP contribution is 2.14. The molecule has 0 aromatic rings. The van der Waals surface area contributed by atoms with Gasteiger partial charge in [0.1, 0.15) is 0 Å². The van der Waals surface area contributed by atoms with Crippen LogP contribution in [0.5, 0.6) is 0 Å². The van der Waals surface area contributed by atoms with Gasteiger partial charge in [0, 0.05) is 6.61 Å². The molecule has 1 aliphatic heterocycles. The average molecular weight is 179 g/mol. The van der Waals surface area contributed by atoms with Crippen LogP contribution in [0.25, 0.3) is 0 Å². The van der Waals surface area contributed by atoms with Crippen LogP contribution in [0.2, 0.25) is 0 Å². The minimum atomic E-state index is -2.24. The summed E-state index contributed by atoms with van der Waals surface area (Å²) in [6.45, 7) is 1.27. The molecule has 0 aliphatic carbocycles. The number of halogens is 2. The zero-order valence-electron chi connectivity index (χ0n) is 7.06. The van der Waals surface area contributed by atoms with E-state index in [0.29, 0.717) is 12.6 Å². The summed E-state index contributed by atoms with van der Waals surface area (Å²) in [5.41, 5.74) is 0. The van der Waals surface area contributed by atoms with Gasteiger partial charge in [0.15, 0.2) is 0 Å². The smallest absolute Gasteiger partial charge is 0.250 e. The zero-order valence-corrected chi connectivity index (χ0v) is 7.06. The van der Waals surface area contributed by atoms with Crippen LogP contribution in [0.3, 0.4) is 0 Å². The summed E-state index contributed by atoms with van der Waals surface area (Å²) in [6.07, 6.45) is 1.10. The van der Waals surface area contributed by atoms with Crippen molar-refractivity contribution < 1.29 is 13.5 Å². The maximum atomic E-state index is 11.6. The number of ether oxygens (including phenoxy) is 1. The second kappa shape index (κ2) is 5.43. The number of rotatable bonds is 5. The van der Waals surface area contributed by atoms with Gasteiger partial charge in [-0.3, -0.25) is 0 Å². The van der Waals surface area contributed by atoms with Crippen LogP contribution in [0.1, 0.15) is 19.3 Å². The molecule has 1 rings (SSSR count). The highest BCUT2D eigenvalue weighted by molar-refractivity contribution is 4.65. The second-order valence-electron chi connectivity index (χ2n) is 3.02. The highest BCUT2D eigenvalue weighted by atomic mass is 19.3. The molecule has 0 spiro atoms. The molecule has 12 heavy (non-hydrogen) atoms. The molecule has 0 radical (unpaired) electrons. The molecule has 0 amide bonds. The van der Waals surface area contributed by atoms with Gasteiger partial charge in [0.25, 0.3) is 6.43 Å². The molecular formula is C8H15F2NO. The van der Waals surface area contributed by atoms with E-state index in [-0.39, 0.29) is 6.54 Å².